The summed E-state index contributed by atoms with van der Waals surface area (Å²) in [6, 6.07) is 7.14. The fourth-order valence-electron chi connectivity index (χ4n) is 3.03. The first-order valence-electron chi connectivity index (χ1n) is 9.02. The Kier molecular flexibility index (Phi) is 6.07. The first kappa shape index (κ1) is 20.7. The van der Waals surface area contributed by atoms with E-state index in [-0.39, 0.29) is 11.7 Å². The van der Waals surface area contributed by atoms with Crippen molar-refractivity contribution < 1.29 is 9.53 Å². The van der Waals surface area contributed by atoms with Gasteiger partial charge in [-0.25, -0.2) is 9.78 Å². The lowest BCUT2D eigenvalue weighted by atomic mass is 10.2. The van der Waals surface area contributed by atoms with Crippen molar-refractivity contribution in [1.29, 1.82) is 0 Å². The van der Waals surface area contributed by atoms with Crippen LogP contribution in [0.2, 0.25) is 0 Å². The van der Waals surface area contributed by atoms with Crippen LogP contribution in [0.15, 0.2) is 44.9 Å². The summed E-state index contributed by atoms with van der Waals surface area (Å²) in [5.41, 5.74) is 0.878. The molecule has 8 nitrogen and oxygen atoms in total. The molecule has 0 aliphatic carbocycles. The highest BCUT2D eigenvalue weighted by Gasteiger charge is 2.18. The summed E-state index contributed by atoms with van der Waals surface area (Å²) < 4.78 is 7.65. The Morgan fingerprint density at radius 3 is 2.62 bits per heavy atom. The average molecular weight is 414 g/mol. The highest BCUT2D eigenvalue weighted by Crippen LogP contribution is 2.29. The van der Waals surface area contributed by atoms with Crippen LogP contribution in [0.3, 0.4) is 0 Å². The summed E-state index contributed by atoms with van der Waals surface area (Å²) in [4.78, 5) is 42.5. The van der Waals surface area contributed by atoms with Gasteiger partial charge in [-0.3, -0.25) is 18.7 Å². The van der Waals surface area contributed by atoms with Crippen LogP contribution in [-0.2, 0) is 25.3 Å². The molecule has 0 aliphatic heterocycles. The van der Waals surface area contributed by atoms with Crippen LogP contribution in [0.4, 0.5) is 5.69 Å². The molecule has 1 aromatic carbocycles. The van der Waals surface area contributed by atoms with Crippen molar-refractivity contribution in [3.05, 3.63) is 56.9 Å². The van der Waals surface area contributed by atoms with Crippen LogP contribution in [0.25, 0.3) is 11.0 Å². The zero-order valence-electron chi connectivity index (χ0n) is 16.7. The summed E-state index contributed by atoms with van der Waals surface area (Å²) >= 11 is 1.26. The molecule has 0 atom stereocenters. The van der Waals surface area contributed by atoms with Crippen LogP contribution in [0.1, 0.15) is 12.5 Å². The second-order valence-corrected chi connectivity index (χ2v) is 7.39. The van der Waals surface area contributed by atoms with Crippen molar-refractivity contribution in [2.24, 2.45) is 14.1 Å². The molecule has 2 aromatic heterocycles. The van der Waals surface area contributed by atoms with E-state index in [1.54, 1.807) is 31.4 Å². The number of carbonyl (C=O) groups excluding carboxylic acids is 1. The number of amides is 1. The van der Waals surface area contributed by atoms with Gasteiger partial charge in [0.25, 0.3) is 5.56 Å². The van der Waals surface area contributed by atoms with Gasteiger partial charge in [0.1, 0.15) is 11.4 Å². The number of carbonyl (C=O) groups is 1. The molecule has 0 fully saturated rings. The summed E-state index contributed by atoms with van der Waals surface area (Å²) in [6.45, 7) is 1.95. The number of nitrogens with one attached hydrogen (secondary N) is 1. The number of hydrogen-bond acceptors (Lipinski definition) is 6. The van der Waals surface area contributed by atoms with Crippen molar-refractivity contribution in [3.63, 3.8) is 0 Å². The van der Waals surface area contributed by atoms with Crippen LogP contribution in [-0.4, -0.2) is 32.9 Å². The van der Waals surface area contributed by atoms with E-state index in [1.165, 1.54) is 30.5 Å². The van der Waals surface area contributed by atoms with Gasteiger partial charge >= 0.3 is 5.69 Å². The Morgan fingerprint density at radius 2 is 1.93 bits per heavy atom. The smallest absolute Gasteiger partial charge is 0.332 e. The van der Waals surface area contributed by atoms with Crippen molar-refractivity contribution in [2.45, 2.75) is 18.2 Å². The van der Waals surface area contributed by atoms with Gasteiger partial charge in [0.15, 0.2) is 0 Å². The zero-order chi connectivity index (χ0) is 21.1. The van der Waals surface area contributed by atoms with Gasteiger partial charge in [-0.2, -0.15) is 0 Å². The highest BCUT2D eigenvalue weighted by molar-refractivity contribution is 8.00. The normalized spacial score (nSPS) is 10.9. The number of pyridine rings is 1. The first-order chi connectivity index (χ1) is 13.9. The maximum absolute atomic E-state index is 12.8. The van der Waals surface area contributed by atoms with E-state index in [2.05, 4.69) is 10.3 Å². The van der Waals surface area contributed by atoms with Gasteiger partial charge in [-0.05, 0) is 24.1 Å². The molecule has 3 aromatic rings. The van der Waals surface area contributed by atoms with Gasteiger partial charge in [-0.15, -0.1) is 11.8 Å². The molecular weight excluding hydrogens is 392 g/mol. The fourth-order valence-corrected chi connectivity index (χ4v) is 4.08. The first-order valence-corrected chi connectivity index (χ1v) is 10.0. The number of ether oxygens (including phenoxy) is 1. The third-order valence-corrected chi connectivity index (χ3v) is 5.77. The summed E-state index contributed by atoms with van der Waals surface area (Å²) in [5, 5.41) is 3.18. The Balaban J connectivity index is 1.96. The van der Waals surface area contributed by atoms with Gasteiger partial charge in [0.2, 0.25) is 5.91 Å². The van der Waals surface area contributed by atoms with Crippen LogP contribution < -0.4 is 21.3 Å². The van der Waals surface area contributed by atoms with Crippen molar-refractivity contribution in [1.82, 2.24) is 14.1 Å². The fraction of sp³-hybridized carbons (Fsp3) is 0.300. The molecule has 0 spiro atoms. The molecule has 0 bridgehead atoms. The second kappa shape index (κ2) is 8.52. The molecular formula is C20H22N4O4S. The Morgan fingerprint density at radius 1 is 1.21 bits per heavy atom. The maximum Gasteiger partial charge on any atom is 0.332 e. The van der Waals surface area contributed by atoms with Crippen LogP contribution in [0.5, 0.6) is 5.75 Å². The average Bonchev–Trinajstić information content (AvgIpc) is 2.74. The zero-order valence-corrected chi connectivity index (χ0v) is 17.5. The van der Waals surface area contributed by atoms with Crippen molar-refractivity contribution in [2.75, 3.05) is 18.2 Å². The number of benzene rings is 1. The molecule has 0 saturated heterocycles. The topological polar surface area (TPSA) is 95.2 Å². The highest BCUT2D eigenvalue weighted by atomic mass is 32.2. The molecule has 9 heteroatoms. The van der Waals surface area contributed by atoms with E-state index in [4.69, 9.17) is 4.74 Å². The third kappa shape index (κ3) is 3.91. The number of methoxy groups -OCH3 is 1. The van der Waals surface area contributed by atoms with Gasteiger partial charge in [0.05, 0.1) is 23.9 Å². The molecule has 3 rings (SSSR count). The van der Waals surface area contributed by atoms with Gasteiger partial charge in [-0.1, -0.05) is 19.1 Å². The largest absolute Gasteiger partial charge is 0.495 e. The third-order valence-electron chi connectivity index (χ3n) is 4.60. The number of aryl methyl sites for hydroxylation is 2. The number of fused-ring (bicyclic) bond motifs is 1. The number of nitrogens with zero attached hydrogens (tertiary/aromatic N) is 3. The predicted octanol–water partition coefficient (Wildman–Crippen LogP) is 1.93. The van der Waals surface area contributed by atoms with Crippen LogP contribution in [0, 0.1) is 0 Å². The minimum absolute atomic E-state index is 0.0934. The summed E-state index contributed by atoms with van der Waals surface area (Å²) in [5.74, 6) is 0.433. The van der Waals surface area contributed by atoms with E-state index in [1.807, 2.05) is 13.0 Å². The lowest BCUT2D eigenvalue weighted by Gasteiger charge is -2.14. The lowest BCUT2D eigenvalue weighted by Crippen LogP contribution is -2.37. The Labute approximate surface area is 171 Å². The van der Waals surface area contributed by atoms with Crippen molar-refractivity contribution >= 4 is 34.4 Å². The van der Waals surface area contributed by atoms with E-state index < -0.39 is 11.2 Å². The Bertz CT molecular complexity index is 1200. The van der Waals surface area contributed by atoms with E-state index in [0.29, 0.717) is 33.8 Å². The summed E-state index contributed by atoms with van der Waals surface area (Å²) in [6.07, 6.45) is 2.30. The van der Waals surface area contributed by atoms with Crippen LogP contribution >= 0.6 is 11.8 Å². The Hall–Kier alpha value is -3.07. The molecule has 1 amide bonds. The minimum Gasteiger partial charge on any atom is -0.495 e. The van der Waals surface area contributed by atoms with E-state index in [9.17, 15) is 14.4 Å². The molecule has 0 unspecified atom stereocenters. The van der Waals surface area contributed by atoms with E-state index in [0.717, 1.165) is 10.1 Å². The molecule has 0 saturated carbocycles. The van der Waals surface area contributed by atoms with Crippen molar-refractivity contribution in [3.8, 4) is 5.75 Å². The minimum atomic E-state index is -0.441. The number of thioether (sulfide) groups is 1. The van der Waals surface area contributed by atoms with Gasteiger partial charge < -0.3 is 10.1 Å². The molecule has 1 N–H and O–H groups in total. The number of aromatic nitrogens is 3. The molecule has 2 heterocycles. The monoisotopic (exact) mass is 414 g/mol. The predicted molar refractivity (Wildman–Crippen MR) is 114 cm³/mol. The summed E-state index contributed by atoms with van der Waals surface area (Å²) in [7, 11) is 4.55. The molecule has 29 heavy (non-hydrogen) atoms. The number of para-hydroxylation sites is 2. The van der Waals surface area contributed by atoms with Gasteiger partial charge in [0, 0.05) is 25.2 Å². The second-order valence-electron chi connectivity index (χ2n) is 6.41. The standard InChI is InChI=1S/C20H22N4O4S/c1-5-12-10-21-18-16(19(26)24(3)20(27)23(18)2)17(12)29-11-15(25)22-13-8-6-7-9-14(13)28-4/h6-10H,5,11H2,1-4H3,(H,22,25). The quantitative estimate of drug-likeness (QED) is 0.620. The molecule has 152 valence electrons. The van der Waals surface area contributed by atoms with E-state index >= 15 is 0 Å². The molecule has 0 aliphatic rings. The number of hydrogen-bond donors (Lipinski definition) is 1. The number of anilines is 1. The lowest BCUT2D eigenvalue weighted by molar-refractivity contribution is -0.113. The SMILES string of the molecule is CCc1cnc2c(c1SCC(=O)Nc1ccccc1OC)c(=O)n(C)c(=O)n2C. The number of rotatable bonds is 6. The molecule has 0 radical (unpaired) electrons. The maximum atomic E-state index is 12.8.